The lowest BCUT2D eigenvalue weighted by Crippen LogP contribution is -2.66. The van der Waals surface area contributed by atoms with Crippen LogP contribution in [-0.2, 0) is 16.0 Å². The lowest BCUT2D eigenvalue weighted by molar-refractivity contribution is -0.157. The SMILES string of the molecule is O=C1NC(=O)C2(CCC2)C(=O)N1CCc1ccc(Cl)cc1. The first-order valence-electron chi connectivity index (χ1n) is 6.95. The molecule has 1 aromatic rings. The second-order valence-corrected chi connectivity index (χ2v) is 5.96. The smallest absolute Gasteiger partial charge is 0.277 e. The van der Waals surface area contributed by atoms with Gasteiger partial charge in [0.1, 0.15) is 5.41 Å². The lowest BCUT2D eigenvalue weighted by Gasteiger charge is -2.44. The quantitative estimate of drug-likeness (QED) is 0.870. The summed E-state index contributed by atoms with van der Waals surface area (Å²) in [5.74, 6) is -0.789. The number of carbonyl (C=O) groups is 3. The molecule has 0 bridgehead atoms. The van der Waals surface area contributed by atoms with Gasteiger partial charge in [-0.25, -0.2) is 4.79 Å². The summed E-state index contributed by atoms with van der Waals surface area (Å²) in [6.07, 6.45) is 2.45. The average Bonchev–Trinajstić information content (AvgIpc) is 2.38. The van der Waals surface area contributed by atoms with Gasteiger partial charge >= 0.3 is 6.03 Å². The first kappa shape index (κ1) is 14.1. The Labute approximate surface area is 127 Å². The molecule has 1 aromatic carbocycles. The molecule has 0 unspecified atom stereocenters. The molecule has 1 spiro atoms. The number of nitrogens with one attached hydrogen (secondary N) is 1. The third-order valence-corrected chi connectivity index (χ3v) is 4.55. The lowest BCUT2D eigenvalue weighted by atomic mass is 9.66. The van der Waals surface area contributed by atoms with Crippen LogP contribution in [0.2, 0.25) is 5.02 Å². The second kappa shape index (κ2) is 5.15. The highest BCUT2D eigenvalue weighted by molar-refractivity contribution is 6.30. The highest BCUT2D eigenvalue weighted by Crippen LogP contribution is 2.44. The molecule has 1 aliphatic carbocycles. The van der Waals surface area contributed by atoms with Gasteiger partial charge in [0, 0.05) is 11.6 Å². The van der Waals surface area contributed by atoms with Gasteiger partial charge in [0.25, 0.3) is 0 Å². The van der Waals surface area contributed by atoms with Crippen molar-refractivity contribution in [3.63, 3.8) is 0 Å². The minimum Gasteiger partial charge on any atom is -0.277 e. The van der Waals surface area contributed by atoms with E-state index < -0.39 is 17.4 Å². The van der Waals surface area contributed by atoms with E-state index in [1.54, 1.807) is 12.1 Å². The van der Waals surface area contributed by atoms with Gasteiger partial charge in [0.15, 0.2) is 0 Å². The maximum atomic E-state index is 12.4. The van der Waals surface area contributed by atoms with Crippen molar-refractivity contribution in [1.29, 1.82) is 0 Å². The predicted octanol–water partition coefficient (Wildman–Crippen LogP) is 2.13. The number of rotatable bonds is 3. The number of benzene rings is 1. The largest absolute Gasteiger partial charge is 0.330 e. The van der Waals surface area contributed by atoms with Crippen molar-refractivity contribution >= 4 is 29.4 Å². The number of hydrogen-bond donors (Lipinski definition) is 1. The standard InChI is InChI=1S/C15H15ClN2O3/c16-11-4-2-10(3-5-11)6-9-18-13(20)15(7-1-8-15)12(19)17-14(18)21/h2-5H,1,6-9H2,(H,17,19,21). The van der Waals surface area contributed by atoms with Gasteiger partial charge in [0.05, 0.1) is 0 Å². The van der Waals surface area contributed by atoms with E-state index in [0.29, 0.717) is 24.3 Å². The molecule has 110 valence electrons. The van der Waals surface area contributed by atoms with E-state index >= 15 is 0 Å². The molecular formula is C15H15ClN2O3. The molecular weight excluding hydrogens is 292 g/mol. The molecule has 1 saturated carbocycles. The van der Waals surface area contributed by atoms with Gasteiger partial charge in [-0.3, -0.25) is 19.8 Å². The molecule has 4 amide bonds. The molecule has 2 aliphatic rings. The topological polar surface area (TPSA) is 66.5 Å². The average molecular weight is 307 g/mol. The van der Waals surface area contributed by atoms with E-state index in [0.717, 1.165) is 16.9 Å². The molecule has 1 N–H and O–H groups in total. The van der Waals surface area contributed by atoms with E-state index in [4.69, 9.17) is 11.6 Å². The van der Waals surface area contributed by atoms with Crippen LogP contribution in [0.25, 0.3) is 0 Å². The number of nitrogens with zero attached hydrogens (tertiary/aromatic N) is 1. The molecule has 3 rings (SSSR count). The number of halogens is 1. The number of imide groups is 2. The van der Waals surface area contributed by atoms with Crippen LogP contribution in [0, 0.1) is 5.41 Å². The fourth-order valence-electron chi connectivity index (χ4n) is 2.80. The number of amides is 4. The summed E-state index contributed by atoms with van der Waals surface area (Å²) < 4.78 is 0. The summed E-state index contributed by atoms with van der Waals surface area (Å²) in [7, 11) is 0. The van der Waals surface area contributed by atoms with Gasteiger partial charge in [-0.1, -0.05) is 30.2 Å². The highest BCUT2D eigenvalue weighted by Gasteiger charge is 2.57. The van der Waals surface area contributed by atoms with Crippen LogP contribution in [0.5, 0.6) is 0 Å². The minimum atomic E-state index is -0.992. The Bertz CT molecular complexity index is 608. The van der Waals surface area contributed by atoms with Gasteiger partial charge in [-0.15, -0.1) is 0 Å². The zero-order valence-corrected chi connectivity index (χ0v) is 12.2. The molecule has 2 fully saturated rings. The molecule has 1 aliphatic heterocycles. The molecule has 0 radical (unpaired) electrons. The van der Waals surface area contributed by atoms with Crippen LogP contribution < -0.4 is 5.32 Å². The van der Waals surface area contributed by atoms with Crippen LogP contribution >= 0.6 is 11.6 Å². The van der Waals surface area contributed by atoms with Gasteiger partial charge in [-0.2, -0.15) is 0 Å². The monoisotopic (exact) mass is 306 g/mol. The number of barbiturate groups is 1. The highest BCUT2D eigenvalue weighted by atomic mass is 35.5. The fourth-order valence-corrected chi connectivity index (χ4v) is 2.92. The Hall–Kier alpha value is -1.88. The van der Waals surface area contributed by atoms with Crippen LogP contribution in [0.15, 0.2) is 24.3 Å². The Morgan fingerprint density at radius 2 is 1.81 bits per heavy atom. The van der Waals surface area contributed by atoms with E-state index in [1.807, 2.05) is 12.1 Å². The molecule has 0 aromatic heterocycles. The molecule has 1 saturated heterocycles. The zero-order chi connectivity index (χ0) is 15.0. The first-order chi connectivity index (χ1) is 10.0. The first-order valence-corrected chi connectivity index (χ1v) is 7.32. The van der Waals surface area contributed by atoms with Gasteiger partial charge in [0.2, 0.25) is 11.8 Å². The van der Waals surface area contributed by atoms with Crippen molar-refractivity contribution < 1.29 is 14.4 Å². The Kier molecular flexibility index (Phi) is 3.45. The number of carbonyl (C=O) groups excluding carboxylic acids is 3. The summed E-state index contributed by atoms with van der Waals surface area (Å²) in [4.78, 5) is 37.4. The third-order valence-electron chi connectivity index (χ3n) is 4.30. The number of hydrogen-bond acceptors (Lipinski definition) is 3. The summed E-state index contributed by atoms with van der Waals surface area (Å²) in [6, 6.07) is 6.65. The van der Waals surface area contributed by atoms with Crippen LogP contribution in [0.1, 0.15) is 24.8 Å². The van der Waals surface area contributed by atoms with Crippen LogP contribution in [-0.4, -0.2) is 29.3 Å². The zero-order valence-electron chi connectivity index (χ0n) is 11.4. The molecule has 21 heavy (non-hydrogen) atoms. The van der Waals surface area contributed by atoms with Crippen molar-refractivity contribution in [2.24, 2.45) is 5.41 Å². The van der Waals surface area contributed by atoms with E-state index in [9.17, 15) is 14.4 Å². The Morgan fingerprint density at radius 1 is 1.14 bits per heavy atom. The fraction of sp³-hybridized carbons (Fsp3) is 0.400. The normalized spacial score (nSPS) is 20.4. The van der Waals surface area contributed by atoms with E-state index in [-0.39, 0.29) is 12.5 Å². The molecule has 0 atom stereocenters. The summed E-state index contributed by atoms with van der Waals surface area (Å²) in [6.45, 7) is 0.265. The third kappa shape index (κ3) is 2.31. The summed E-state index contributed by atoms with van der Waals surface area (Å²) in [5, 5.41) is 2.95. The van der Waals surface area contributed by atoms with E-state index in [1.165, 1.54) is 0 Å². The van der Waals surface area contributed by atoms with Crippen molar-refractivity contribution in [3.8, 4) is 0 Å². The van der Waals surface area contributed by atoms with Crippen molar-refractivity contribution in [2.45, 2.75) is 25.7 Å². The summed E-state index contributed by atoms with van der Waals surface area (Å²) in [5.41, 5.74) is -0.00645. The Balaban J connectivity index is 1.72. The van der Waals surface area contributed by atoms with Crippen LogP contribution in [0.3, 0.4) is 0 Å². The molecule has 1 heterocycles. The van der Waals surface area contributed by atoms with E-state index in [2.05, 4.69) is 5.32 Å². The van der Waals surface area contributed by atoms with Crippen molar-refractivity contribution in [3.05, 3.63) is 34.9 Å². The predicted molar refractivity (Wildman–Crippen MR) is 76.7 cm³/mol. The summed E-state index contributed by atoms with van der Waals surface area (Å²) >= 11 is 5.82. The molecule has 5 nitrogen and oxygen atoms in total. The van der Waals surface area contributed by atoms with Gasteiger partial charge < -0.3 is 0 Å². The number of urea groups is 1. The maximum absolute atomic E-state index is 12.4. The maximum Gasteiger partial charge on any atom is 0.330 e. The minimum absolute atomic E-state index is 0.265. The Morgan fingerprint density at radius 3 is 2.38 bits per heavy atom. The van der Waals surface area contributed by atoms with Crippen molar-refractivity contribution in [1.82, 2.24) is 10.2 Å². The van der Waals surface area contributed by atoms with Gasteiger partial charge in [-0.05, 0) is 37.0 Å². The molecule has 6 heteroatoms. The second-order valence-electron chi connectivity index (χ2n) is 5.53. The van der Waals surface area contributed by atoms with Crippen molar-refractivity contribution in [2.75, 3.05) is 6.54 Å². The van der Waals surface area contributed by atoms with Crippen LogP contribution in [0.4, 0.5) is 4.79 Å².